The van der Waals surface area contributed by atoms with E-state index in [-0.39, 0.29) is 64.8 Å². The molecule has 0 bridgehead atoms. The van der Waals surface area contributed by atoms with Gasteiger partial charge in [-0.1, -0.05) is 56.7 Å². The summed E-state index contributed by atoms with van der Waals surface area (Å²) in [7, 11) is 1.21. The van der Waals surface area contributed by atoms with Gasteiger partial charge in [0, 0.05) is 46.8 Å². The lowest BCUT2D eigenvalue weighted by Crippen LogP contribution is -2.42. The number of halogens is 11. The molecule has 10 nitrogen and oxygen atoms in total. The summed E-state index contributed by atoms with van der Waals surface area (Å²) in [6, 6.07) is 13.5. The Morgan fingerprint density at radius 2 is 1.07 bits per heavy atom. The molecule has 0 radical (unpaired) electrons. The molecule has 2 aliphatic rings. The minimum atomic E-state index is -4.82. The maximum atomic E-state index is 14.2. The fourth-order valence-corrected chi connectivity index (χ4v) is 8.84. The molecule has 4 heterocycles. The summed E-state index contributed by atoms with van der Waals surface area (Å²) in [5.74, 6) is -0.637. The largest absolute Gasteiger partial charge is 0.465 e. The van der Waals surface area contributed by atoms with E-state index in [2.05, 4.69) is 43.7 Å². The summed E-state index contributed by atoms with van der Waals surface area (Å²) in [5, 5.41) is 7.69. The molecule has 8 rings (SSSR count). The van der Waals surface area contributed by atoms with Crippen LogP contribution in [-0.2, 0) is 25.6 Å². The van der Waals surface area contributed by atoms with Crippen LogP contribution in [0.25, 0.3) is 22.1 Å². The molecule has 0 spiro atoms. The average Bonchev–Trinajstić information content (AvgIpc) is 3.96. The van der Waals surface area contributed by atoms with Crippen molar-refractivity contribution in [2.24, 2.45) is 10.3 Å². The molecular weight excluding hydrogens is 956 g/mol. The molecule has 0 amide bonds. The topological polar surface area (TPSA) is 121 Å². The average molecular weight is 973 g/mol. The summed E-state index contributed by atoms with van der Waals surface area (Å²) in [5.41, 5.74) is -3.52. The van der Waals surface area contributed by atoms with E-state index in [1.165, 1.54) is 43.5 Å². The molecule has 0 saturated heterocycles. The van der Waals surface area contributed by atoms with Crippen molar-refractivity contribution >= 4 is 125 Å². The number of esters is 1. The van der Waals surface area contributed by atoms with E-state index in [0.717, 1.165) is 35.6 Å². The molecule has 0 saturated carbocycles. The zero-order valence-corrected chi connectivity index (χ0v) is 34.2. The summed E-state index contributed by atoms with van der Waals surface area (Å²) < 4.78 is 107. The van der Waals surface area contributed by atoms with E-state index in [1.807, 2.05) is 0 Å². The number of fused-ring (bicyclic) bond motifs is 2. The van der Waals surface area contributed by atoms with E-state index >= 15 is 0 Å². The number of carbonyl (C=O) groups is 1. The lowest BCUT2D eigenvalue weighted by atomic mass is 9.86. The highest BCUT2D eigenvalue weighted by Gasteiger charge is 2.63. The first kappa shape index (κ1) is 41.3. The van der Waals surface area contributed by atoms with Crippen LogP contribution in [0.3, 0.4) is 0 Å². The Morgan fingerprint density at radius 3 is 1.51 bits per heavy atom. The Kier molecular flexibility index (Phi) is 11.2. The Balaban J connectivity index is 0.000000175. The van der Waals surface area contributed by atoms with Gasteiger partial charge in [-0.15, -0.1) is 0 Å². The van der Waals surface area contributed by atoms with Gasteiger partial charge in [-0.3, -0.25) is 0 Å². The lowest BCUT2D eigenvalue weighted by molar-refractivity contribution is -0.276. The highest BCUT2D eigenvalue weighted by atomic mass is 79.9. The maximum Gasteiger partial charge on any atom is 0.435 e. The summed E-state index contributed by atoms with van der Waals surface area (Å²) in [6.45, 7) is 0. The predicted molar refractivity (Wildman–Crippen MR) is 207 cm³/mol. The van der Waals surface area contributed by atoms with E-state index in [4.69, 9.17) is 60.8 Å². The summed E-state index contributed by atoms with van der Waals surface area (Å²) in [6.07, 6.45) is -10.8. The quantitative estimate of drug-likeness (QED) is 0.124. The third-order valence-electron chi connectivity index (χ3n) is 8.84. The number of hydrogen-bond acceptors (Lipinski definition) is 12. The van der Waals surface area contributed by atoms with Crippen LogP contribution < -0.4 is 0 Å². The Labute approximate surface area is 353 Å². The van der Waals surface area contributed by atoms with Gasteiger partial charge in [0.2, 0.25) is 0 Å². The number of benzene rings is 4. The minimum absolute atomic E-state index is 0.00228. The molecule has 0 fully saturated rings. The smallest absolute Gasteiger partial charge is 0.435 e. The highest BCUT2D eigenvalue weighted by Crippen LogP contribution is 2.51. The van der Waals surface area contributed by atoms with Crippen molar-refractivity contribution in [3.63, 3.8) is 0 Å². The zero-order valence-electron chi connectivity index (χ0n) is 28.0. The van der Waals surface area contributed by atoms with Crippen LogP contribution in [0.5, 0.6) is 0 Å². The number of nitrogens with zero attached hydrogens (tertiary/aromatic N) is 6. The third-order valence-corrected chi connectivity index (χ3v) is 11.4. The molecule has 296 valence electrons. The molecule has 2 aromatic heterocycles. The second kappa shape index (κ2) is 15.4. The normalized spacial score (nSPS) is 19.4. The molecule has 2 unspecified atom stereocenters. The fraction of sp³-hybridized carbons (Fsp3) is 0.206. The summed E-state index contributed by atoms with van der Waals surface area (Å²) in [4.78, 5) is 21.9. The first-order valence-corrected chi connectivity index (χ1v) is 19.5. The van der Waals surface area contributed by atoms with Crippen molar-refractivity contribution in [3.8, 4) is 0 Å². The number of hydrogen-bond donors (Lipinski definition) is 0. The van der Waals surface area contributed by atoms with E-state index in [0.29, 0.717) is 21.1 Å². The summed E-state index contributed by atoms with van der Waals surface area (Å²) >= 11 is 28.8. The lowest BCUT2D eigenvalue weighted by Gasteiger charge is -2.29. The predicted octanol–water partition coefficient (Wildman–Crippen LogP) is 11.7. The van der Waals surface area contributed by atoms with Gasteiger partial charge in [0.05, 0.1) is 60.4 Å². The SMILES string of the molecule is COC(=O)c1ccc(C2=NOC(c3cc(Cl)cc(Cl)c3)(C(F)(F)F)C2)c2nsnc12.FC(F)(F)C1(c2cc(Cl)cc(Cl)c2)CC(c2ccc(Br)c3nsnc23)=NO1. The van der Waals surface area contributed by atoms with Crippen LogP contribution >= 0.6 is 85.8 Å². The number of aromatic nitrogens is 4. The number of carbonyl (C=O) groups excluding carboxylic acids is 1. The van der Waals surface area contributed by atoms with Crippen LogP contribution in [0, 0.1) is 0 Å². The van der Waals surface area contributed by atoms with Crippen molar-refractivity contribution in [2.75, 3.05) is 7.11 Å². The standard InChI is InChI=1S/C18H10Cl2F3N3O3S.C16H7BrCl2F3N3OS/c1-28-16(27)12-3-2-11(14-15(12)26-30-25-14)13-7-17(29-24-13,18(21,22)23)8-4-9(19)6-10(20)5-8;17-11-2-1-10(13-14(11)25-27-24-13)12-6-15(26-23-12,16(20,21)22)7-3-8(18)5-9(19)4-7/h2-6H,7H2,1H3;1-5H,6H2. The van der Waals surface area contributed by atoms with Gasteiger partial charge in [-0.05, 0) is 76.6 Å². The first-order valence-electron chi connectivity index (χ1n) is 15.7. The van der Waals surface area contributed by atoms with Gasteiger partial charge in [0.25, 0.3) is 11.2 Å². The highest BCUT2D eigenvalue weighted by molar-refractivity contribution is 9.10. The third kappa shape index (κ3) is 7.51. The van der Waals surface area contributed by atoms with E-state index in [1.54, 1.807) is 12.1 Å². The van der Waals surface area contributed by atoms with Crippen molar-refractivity contribution in [3.05, 3.63) is 113 Å². The molecule has 23 heteroatoms. The molecule has 0 aliphatic carbocycles. The second-order valence-electron chi connectivity index (χ2n) is 12.2. The monoisotopic (exact) mass is 970 g/mol. The van der Waals surface area contributed by atoms with Crippen LogP contribution in [0.1, 0.15) is 45.5 Å². The molecule has 4 aromatic carbocycles. The van der Waals surface area contributed by atoms with Crippen molar-refractivity contribution in [1.82, 2.24) is 17.5 Å². The molecule has 6 aromatic rings. The molecule has 2 atom stereocenters. The molecule has 57 heavy (non-hydrogen) atoms. The van der Waals surface area contributed by atoms with Crippen LogP contribution in [0.2, 0.25) is 20.1 Å². The fourth-order valence-electron chi connectivity index (χ4n) is 6.11. The van der Waals surface area contributed by atoms with Gasteiger partial charge < -0.3 is 14.4 Å². The maximum absolute atomic E-state index is 14.2. The number of rotatable bonds is 5. The number of ether oxygens (including phenoxy) is 1. The Bertz CT molecular complexity index is 2600. The van der Waals surface area contributed by atoms with E-state index in [9.17, 15) is 31.1 Å². The molecule has 2 aliphatic heterocycles. The molecular formula is C34H17BrCl4F6N6O4S2. The molecule has 0 N–H and O–H groups in total. The van der Waals surface area contributed by atoms with Gasteiger partial charge in [-0.25, -0.2) is 4.79 Å². The van der Waals surface area contributed by atoms with Gasteiger partial charge >= 0.3 is 18.3 Å². The Morgan fingerprint density at radius 1 is 0.667 bits per heavy atom. The van der Waals surface area contributed by atoms with Gasteiger partial charge in [-0.2, -0.15) is 43.8 Å². The Hall–Kier alpha value is -3.85. The number of oxime groups is 2. The zero-order chi connectivity index (χ0) is 41.1. The van der Waals surface area contributed by atoms with Crippen LogP contribution in [0.4, 0.5) is 26.3 Å². The number of alkyl halides is 6. The minimum Gasteiger partial charge on any atom is -0.465 e. The van der Waals surface area contributed by atoms with Gasteiger partial charge in [0.15, 0.2) is 0 Å². The van der Waals surface area contributed by atoms with Crippen LogP contribution in [0.15, 0.2) is 75.4 Å². The van der Waals surface area contributed by atoms with E-state index < -0.39 is 42.4 Å². The second-order valence-corrected chi connectivity index (χ2v) is 15.9. The first-order chi connectivity index (χ1) is 26.9. The van der Waals surface area contributed by atoms with Crippen molar-refractivity contribution in [1.29, 1.82) is 0 Å². The van der Waals surface area contributed by atoms with Crippen molar-refractivity contribution < 1.29 is 45.5 Å². The number of methoxy groups -OCH3 is 1. The van der Waals surface area contributed by atoms with Crippen LogP contribution in [-0.4, -0.2) is 54.3 Å². The van der Waals surface area contributed by atoms with Crippen molar-refractivity contribution in [2.45, 2.75) is 36.4 Å². The van der Waals surface area contributed by atoms with Gasteiger partial charge in [0.1, 0.15) is 22.1 Å².